The van der Waals surface area contributed by atoms with Gasteiger partial charge in [-0.05, 0) is 31.0 Å². The van der Waals surface area contributed by atoms with Crippen LogP contribution in [0.4, 0.5) is 5.69 Å². The molecule has 1 amide bonds. The number of benzene rings is 1. The summed E-state index contributed by atoms with van der Waals surface area (Å²) in [5.41, 5.74) is 6.93. The van der Waals surface area contributed by atoms with Gasteiger partial charge < -0.3 is 10.6 Å². The Balaban J connectivity index is 2.33. The minimum atomic E-state index is 0.132. The molecule has 0 spiro atoms. The number of nitrogens with zero attached hydrogens (tertiary/aromatic N) is 1. The van der Waals surface area contributed by atoms with E-state index in [1.165, 1.54) is 0 Å². The summed E-state index contributed by atoms with van der Waals surface area (Å²) < 4.78 is 0. The number of hydrogen-bond donors (Lipinski definition) is 1. The second-order valence-electron chi connectivity index (χ2n) is 4.17. The van der Waals surface area contributed by atoms with Crippen molar-refractivity contribution in [2.75, 3.05) is 18.0 Å². The Morgan fingerprint density at radius 3 is 2.94 bits per heavy atom. The number of halogens is 1. The summed E-state index contributed by atoms with van der Waals surface area (Å²) in [5, 5.41) is 0.587. The van der Waals surface area contributed by atoms with Gasteiger partial charge in [-0.25, -0.2) is 0 Å². The molecule has 3 nitrogen and oxygen atoms in total. The van der Waals surface area contributed by atoms with Crippen molar-refractivity contribution >= 4 is 23.2 Å². The first-order chi connectivity index (χ1) is 8.72. The van der Waals surface area contributed by atoms with Crippen LogP contribution in [0.2, 0.25) is 5.02 Å². The van der Waals surface area contributed by atoms with E-state index in [-0.39, 0.29) is 5.91 Å². The average Bonchev–Trinajstić information content (AvgIpc) is 2.39. The van der Waals surface area contributed by atoms with Crippen LogP contribution in [0, 0.1) is 11.8 Å². The van der Waals surface area contributed by atoms with Crippen LogP contribution in [0.5, 0.6) is 0 Å². The second kappa shape index (κ2) is 5.90. The molecule has 0 aromatic heterocycles. The number of rotatable bonds is 1. The largest absolute Gasteiger partial charge is 0.320 e. The van der Waals surface area contributed by atoms with Crippen LogP contribution < -0.4 is 10.6 Å². The summed E-state index contributed by atoms with van der Waals surface area (Å²) in [4.78, 5) is 13.6. The predicted molar refractivity (Wildman–Crippen MR) is 73.6 cm³/mol. The molecule has 1 aliphatic heterocycles. The third kappa shape index (κ3) is 2.84. The van der Waals surface area contributed by atoms with Gasteiger partial charge in [0.15, 0.2) is 0 Å². The highest BCUT2D eigenvalue weighted by Gasteiger charge is 2.21. The second-order valence-corrected chi connectivity index (χ2v) is 4.58. The Kier molecular flexibility index (Phi) is 4.24. The fourth-order valence-corrected chi connectivity index (χ4v) is 2.23. The van der Waals surface area contributed by atoms with Crippen molar-refractivity contribution in [2.24, 2.45) is 5.73 Å². The molecule has 1 aromatic carbocycles. The molecule has 1 aromatic rings. The van der Waals surface area contributed by atoms with Gasteiger partial charge in [0, 0.05) is 18.5 Å². The van der Waals surface area contributed by atoms with Gasteiger partial charge in [-0.3, -0.25) is 4.79 Å². The van der Waals surface area contributed by atoms with Crippen molar-refractivity contribution in [3.05, 3.63) is 28.8 Å². The quantitative estimate of drug-likeness (QED) is 0.789. The lowest BCUT2D eigenvalue weighted by molar-refractivity contribution is -0.119. The maximum atomic E-state index is 11.9. The number of piperidine rings is 1. The van der Waals surface area contributed by atoms with E-state index in [9.17, 15) is 4.79 Å². The molecule has 1 aliphatic rings. The van der Waals surface area contributed by atoms with Crippen LogP contribution >= 0.6 is 11.6 Å². The normalized spacial score (nSPS) is 15.2. The highest BCUT2D eigenvalue weighted by molar-refractivity contribution is 6.33. The first kappa shape index (κ1) is 12.9. The molecule has 18 heavy (non-hydrogen) atoms. The van der Waals surface area contributed by atoms with Gasteiger partial charge in [-0.15, -0.1) is 0 Å². The summed E-state index contributed by atoms with van der Waals surface area (Å²) in [7, 11) is 0. The van der Waals surface area contributed by atoms with E-state index >= 15 is 0 Å². The molecule has 4 heteroatoms. The molecule has 0 saturated carbocycles. The molecule has 0 aliphatic carbocycles. The Labute approximate surface area is 112 Å². The monoisotopic (exact) mass is 262 g/mol. The minimum Gasteiger partial charge on any atom is -0.320 e. The molecular weight excluding hydrogens is 248 g/mol. The number of nitrogens with two attached hydrogens (primary N) is 1. The summed E-state index contributed by atoms with van der Waals surface area (Å²) in [6, 6.07) is 5.47. The molecule has 0 radical (unpaired) electrons. The SMILES string of the molecule is NCC#Cc1ccc(Cl)c(N2CCCCC2=O)c1. The highest BCUT2D eigenvalue weighted by Crippen LogP contribution is 2.29. The van der Waals surface area contributed by atoms with E-state index in [1.807, 2.05) is 12.1 Å². The zero-order valence-corrected chi connectivity index (χ0v) is 10.8. The molecule has 94 valence electrons. The van der Waals surface area contributed by atoms with Crippen LogP contribution in [0.15, 0.2) is 18.2 Å². The molecule has 1 heterocycles. The van der Waals surface area contributed by atoms with Gasteiger partial charge in [0.1, 0.15) is 0 Å². The van der Waals surface area contributed by atoms with Gasteiger partial charge in [-0.1, -0.05) is 23.4 Å². The molecule has 1 saturated heterocycles. The average molecular weight is 263 g/mol. The molecule has 0 atom stereocenters. The first-order valence-corrected chi connectivity index (χ1v) is 6.39. The van der Waals surface area contributed by atoms with Crippen LogP contribution in [0.1, 0.15) is 24.8 Å². The standard InChI is InChI=1S/C14H15ClN2O/c15-12-7-6-11(4-3-8-16)10-13(12)17-9-2-1-5-14(17)18/h6-7,10H,1-2,5,8-9,16H2. The Morgan fingerprint density at radius 1 is 1.39 bits per heavy atom. The van der Waals surface area contributed by atoms with Crippen molar-refractivity contribution in [2.45, 2.75) is 19.3 Å². The molecule has 1 fully saturated rings. The Bertz CT molecular complexity index is 516. The number of amides is 1. The van der Waals surface area contributed by atoms with Gasteiger partial charge in [0.2, 0.25) is 5.91 Å². The maximum absolute atomic E-state index is 11.9. The van der Waals surface area contributed by atoms with E-state index in [4.69, 9.17) is 17.3 Å². The lowest BCUT2D eigenvalue weighted by Crippen LogP contribution is -2.35. The van der Waals surface area contributed by atoms with Crippen LogP contribution in [-0.2, 0) is 4.79 Å². The van der Waals surface area contributed by atoms with Crippen LogP contribution in [-0.4, -0.2) is 19.0 Å². The minimum absolute atomic E-state index is 0.132. The van der Waals surface area contributed by atoms with Gasteiger partial charge in [0.25, 0.3) is 0 Å². The summed E-state index contributed by atoms with van der Waals surface area (Å²) in [6.07, 6.45) is 2.56. The van der Waals surface area contributed by atoms with Gasteiger partial charge in [0.05, 0.1) is 17.3 Å². The van der Waals surface area contributed by atoms with Gasteiger partial charge in [-0.2, -0.15) is 0 Å². The molecule has 2 rings (SSSR count). The van der Waals surface area contributed by atoms with Crippen molar-refractivity contribution in [3.63, 3.8) is 0 Å². The first-order valence-electron chi connectivity index (χ1n) is 6.01. The zero-order chi connectivity index (χ0) is 13.0. The molecular formula is C14H15ClN2O. The van der Waals surface area contributed by atoms with Crippen molar-refractivity contribution in [1.29, 1.82) is 0 Å². The molecule has 0 bridgehead atoms. The maximum Gasteiger partial charge on any atom is 0.227 e. The number of anilines is 1. The van der Waals surface area contributed by atoms with E-state index in [0.717, 1.165) is 30.6 Å². The van der Waals surface area contributed by atoms with E-state index in [1.54, 1.807) is 11.0 Å². The van der Waals surface area contributed by atoms with Crippen LogP contribution in [0.25, 0.3) is 0 Å². The van der Waals surface area contributed by atoms with Crippen molar-refractivity contribution < 1.29 is 4.79 Å². The van der Waals surface area contributed by atoms with E-state index in [2.05, 4.69) is 11.8 Å². The summed E-state index contributed by atoms with van der Waals surface area (Å²) in [5.74, 6) is 5.88. The van der Waals surface area contributed by atoms with Crippen LogP contribution in [0.3, 0.4) is 0 Å². The highest BCUT2D eigenvalue weighted by atomic mass is 35.5. The van der Waals surface area contributed by atoms with Crippen molar-refractivity contribution in [1.82, 2.24) is 0 Å². The molecule has 0 unspecified atom stereocenters. The fourth-order valence-electron chi connectivity index (χ4n) is 2.01. The third-order valence-corrected chi connectivity index (χ3v) is 3.21. The van der Waals surface area contributed by atoms with E-state index < -0.39 is 0 Å². The number of carbonyl (C=O) groups is 1. The Morgan fingerprint density at radius 2 is 2.22 bits per heavy atom. The van der Waals surface area contributed by atoms with Crippen molar-refractivity contribution in [3.8, 4) is 11.8 Å². The van der Waals surface area contributed by atoms with E-state index in [0.29, 0.717) is 18.0 Å². The fraction of sp³-hybridized carbons (Fsp3) is 0.357. The number of hydrogen-bond acceptors (Lipinski definition) is 2. The topological polar surface area (TPSA) is 46.3 Å². The molecule has 2 N–H and O–H groups in total. The lowest BCUT2D eigenvalue weighted by Gasteiger charge is -2.27. The Hall–Kier alpha value is -1.50. The number of carbonyl (C=O) groups excluding carboxylic acids is 1. The van der Waals surface area contributed by atoms with Gasteiger partial charge >= 0.3 is 0 Å². The predicted octanol–water partition coefficient (Wildman–Crippen LogP) is 2.17. The summed E-state index contributed by atoms with van der Waals surface area (Å²) >= 11 is 6.16. The zero-order valence-electron chi connectivity index (χ0n) is 10.1. The summed E-state index contributed by atoms with van der Waals surface area (Å²) in [6.45, 7) is 1.05. The third-order valence-electron chi connectivity index (χ3n) is 2.90. The lowest BCUT2D eigenvalue weighted by atomic mass is 10.1. The smallest absolute Gasteiger partial charge is 0.227 e.